The van der Waals surface area contributed by atoms with E-state index in [-0.39, 0.29) is 17.6 Å². The number of aliphatic hydroxyl groups excluding tert-OH is 1. The summed E-state index contributed by atoms with van der Waals surface area (Å²) in [4.78, 5) is 0. The molecule has 1 saturated heterocycles. The Morgan fingerprint density at radius 2 is 2.21 bits per heavy atom. The molecule has 76 valence electrons. The molecule has 2 rings (SSSR count). The molecule has 0 amide bonds. The minimum Gasteiger partial charge on any atom is -0.508 e. The maximum absolute atomic E-state index is 12.9. The Morgan fingerprint density at radius 3 is 2.86 bits per heavy atom. The summed E-state index contributed by atoms with van der Waals surface area (Å²) < 4.78 is 12.9. The fraction of sp³-hybridized carbons (Fsp3) is 0.400. The molecule has 0 radical (unpaired) electrons. The average molecular weight is 197 g/mol. The molecule has 0 saturated carbocycles. The van der Waals surface area contributed by atoms with Crippen molar-refractivity contribution >= 4 is 0 Å². The number of rotatable bonds is 1. The first-order valence-corrected chi connectivity index (χ1v) is 4.56. The van der Waals surface area contributed by atoms with Crippen molar-refractivity contribution in [2.75, 3.05) is 6.54 Å². The highest BCUT2D eigenvalue weighted by Crippen LogP contribution is 2.30. The molecule has 1 heterocycles. The molecule has 1 aromatic rings. The first-order chi connectivity index (χ1) is 6.66. The fourth-order valence-electron chi connectivity index (χ4n) is 1.76. The molecular weight excluding hydrogens is 185 g/mol. The van der Waals surface area contributed by atoms with Crippen molar-refractivity contribution in [1.29, 1.82) is 0 Å². The van der Waals surface area contributed by atoms with E-state index in [0.29, 0.717) is 18.5 Å². The van der Waals surface area contributed by atoms with E-state index in [9.17, 15) is 14.6 Å². The van der Waals surface area contributed by atoms with Gasteiger partial charge in [-0.1, -0.05) is 0 Å². The summed E-state index contributed by atoms with van der Waals surface area (Å²) in [6.45, 7) is 0.487. The van der Waals surface area contributed by atoms with E-state index in [0.717, 1.165) is 0 Å². The number of benzene rings is 1. The largest absolute Gasteiger partial charge is 0.508 e. The van der Waals surface area contributed by atoms with Crippen LogP contribution in [0.3, 0.4) is 0 Å². The average Bonchev–Trinajstić information content (AvgIpc) is 2.56. The van der Waals surface area contributed by atoms with Crippen LogP contribution in [0, 0.1) is 5.82 Å². The third-order valence-corrected chi connectivity index (χ3v) is 2.47. The third kappa shape index (κ3) is 1.71. The van der Waals surface area contributed by atoms with Crippen molar-refractivity contribution in [1.82, 2.24) is 5.32 Å². The highest BCUT2D eigenvalue weighted by atomic mass is 19.1. The Hall–Kier alpha value is -1.13. The molecule has 1 aliphatic rings. The number of aromatic hydroxyl groups is 1. The molecule has 0 aliphatic carbocycles. The van der Waals surface area contributed by atoms with Crippen molar-refractivity contribution < 1.29 is 14.6 Å². The Morgan fingerprint density at radius 1 is 1.43 bits per heavy atom. The molecular formula is C10H12FNO2. The Bertz CT molecular complexity index is 343. The topological polar surface area (TPSA) is 52.5 Å². The van der Waals surface area contributed by atoms with E-state index in [4.69, 9.17) is 0 Å². The van der Waals surface area contributed by atoms with E-state index >= 15 is 0 Å². The molecule has 1 fully saturated rings. The summed E-state index contributed by atoms with van der Waals surface area (Å²) in [7, 11) is 0. The second-order valence-corrected chi connectivity index (χ2v) is 3.55. The standard InChI is InChI=1S/C10H12FNO2/c11-6-1-2-10(14)8(3-6)9-4-7(13)5-12-9/h1-3,7,9,12-14H,4-5H2. The first-order valence-electron chi connectivity index (χ1n) is 4.56. The van der Waals surface area contributed by atoms with Crippen molar-refractivity contribution in [3.05, 3.63) is 29.6 Å². The van der Waals surface area contributed by atoms with Crippen LogP contribution in [0.4, 0.5) is 4.39 Å². The number of nitrogens with one attached hydrogen (secondary N) is 1. The minimum atomic E-state index is -0.414. The Kier molecular flexibility index (Phi) is 2.39. The van der Waals surface area contributed by atoms with Gasteiger partial charge in [0.2, 0.25) is 0 Å². The van der Waals surface area contributed by atoms with Crippen LogP contribution in [0.1, 0.15) is 18.0 Å². The maximum atomic E-state index is 12.9. The summed E-state index contributed by atoms with van der Waals surface area (Å²) in [5.74, 6) is -0.306. The van der Waals surface area contributed by atoms with Crippen molar-refractivity contribution in [2.24, 2.45) is 0 Å². The van der Waals surface area contributed by atoms with Crippen LogP contribution in [-0.2, 0) is 0 Å². The van der Waals surface area contributed by atoms with Gasteiger partial charge in [0.15, 0.2) is 0 Å². The van der Waals surface area contributed by atoms with Crippen molar-refractivity contribution in [3.8, 4) is 5.75 Å². The molecule has 0 bridgehead atoms. The molecule has 3 N–H and O–H groups in total. The monoisotopic (exact) mass is 197 g/mol. The Balaban J connectivity index is 2.27. The smallest absolute Gasteiger partial charge is 0.123 e. The van der Waals surface area contributed by atoms with E-state index < -0.39 is 6.10 Å². The quantitative estimate of drug-likeness (QED) is 0.627. The van der Waals surface area contributed by atoms with Crippen LogP contribution in [-0.4, -0.2) is 22.9 Å². The third-order valence-electron chi connectivity index (χ3n) is 2.47. The molecule has 14 heavy (non-hydrogen) atoms. The van der Waals surface area contributed by atoms with Crippen LogP contribution in [0.25, 0.3) is 0 Å². The lowest BCUT2D eigenvalue weighted by Crippen LogP contribution is -2.15. The molecule has 0 spiro atoms. The van der Waals surface area contributed by atoms with Crippen LogP contribution in [0.2, 0.25) is 0 Å². The minimum absolute atomic E-state index is 0.0676. The molecule has 1 aliphatic heterocycles. The van der Waals surface area contributed by atoms with Gasteiger partial charge in [-0.2, -0.15) is 0 Å². The number of phenolic OH excluding ortho intramolecular Hbond substituents is 1. The lowest BCUT2D eigenvalue weighted by Gasteiger charge is -2.12. The maximum Gasteiger partial charge on any atom is 0.123 e. The van der Waals surface area contributed by atoms with Gasteiger partial charge in [0.05, 0.1) is 6.10 Å². The van der Waals surface area contributed by atoms with Gasteiger partial charge in [-0.3, -0.25) is 0 Å². The van der Waals surface area contributed by atoms with E-state index in [1.165, 1.54) is 18.2 Å². The van der Waals surface area contributed by atoms with Crippen molar-refractivity contribution in [3.63, 3.8) is 0 Å². The van der Waals surface area contributed by atoms with Gasteiger partial charge < -0.3 is 15.5 Å². The van der Waals surface area contributed by atoms with Crippen LogP contribution < -0.4 is 5.32 Å². The zero-order chi connectivity index (χ0) is 10.1. The van der Waals surface area contributed by atoms with Crippen molar-refractivity contribution in [2.45, 2.75) is 18.6 Å². The van der Waals surface area contributed by atoms with Gasteiger partial charge in [0.25, 0.3) is 0 Å². The van der Waals surface area contributed by atoms with Gasteiger partial charge in [0.1, 0.15) is 11.6 Å². The van der Waals surface area contributed by atoms with Crippen LogP contribution >= 0.6 is 0 Å². The van der Waals surface area contributed by atoms with Gasteiger partial charge in [-0.25, -0.2) is 4.39 Å². The second-order valence-electron chi connectivity index (χ2n) is 3.55. The number of aliphatic hydroxyl groups is 1. The second kappa shape index (κ2) is 3.55. The van der Waals surface area contributed by atoms with E-state index in [1.807, 2.05) is 0 Å². The molecule has 1 aromatic carbocycles. The highest BCUT2D eigenvalue weighted by Gasteiger charge is 2.25. The highest BCUT2D eigenvalue weighted by molar-refractivity contribution is 5.35. The predicted molar refractivity (Wildman–Crippen MR) is 49.4 cm³/mol. The number of halogens is 1. The number of hydrogen-bond donors (Lipinski definition) is 3. The molecule has 2 atom stereocenters. The zero-order valence-corrected chi connectivity index (χ0v) is 7.57. The summed E-state index contributed by atoms with van der Waals surface area (Å²) >= 11 is 0. The van der Waals surface area contributed by atoms with Gasteiger partial charge >= 0.3 is 0 Å². The zero-order valence-electron chi connectivity index (χ0n) is 7.57. The fourth-order valence-corrected chi connectivity index (χ4v) is 1.76. The predicted octanol–water partition coefficient (Wildman–Crippen LogP) is 0.927. The van der Waals surface area contributed by atoms with Crippen LogP contribution in [0.15, 0.2) is 18.2 Å². The summed E-state index contributed by atoms with van der Waals surface area (Å²) in [5.41, 5.74) is 0.515. The normalized spacial score (nSPS) is 26.7. The van der Waals surface area contributed by atoms with Gasteiger partial charge in [-0.05, 0) is 24.6 Å². The summed E-state index contributed by atoms with van der Waals surface area (Å²) in [6.07, 6.45) is 0.0967. The lowest BCUT2D eigenvalue weighted by atomic mass is 10.0. The first kappa shape index (κ1) is 9.43. The lowest BCUT2D eigenvalue weighted by molar-refractivity contribution is 0.193. The van der Waals surface area contributed by atoms with E-state index in [2.05, 4.69) is 5.32 Å². The number of hydrogen-bond acceptors (Lipinski definition) is 3. The number of β-amino-alcohol motifs (C(OH)–C–C–N with tert-alkyl or cyclic N) is 1. The van der Waals surface area contributed by atoms with Crippen LogP contribution in [0.5, 0.6) is 5.75 Å². The summed E-state index contributed by atoms with van der Waals surface area (Å²) in [5, 5.41) is 21.8. The van der Waals surface area contributed by atoms with E-state index in [1.54, 1.807) is 0 Å². The van der Waals surface area contributed by atoms with Gasteiger partial charge in [-0.15, -0.1) is 0 Å². The SMILES string of the molecule is Oc1ccc(F)cc1C1CC(O)CN1. The number of phenols is 1. The summed E-state index contributed by atoms with van der Waals surface area (Å²) in [6, 6.07) is 3.69. The molecule has 3 nitrogen and oxygen atoms in total. The Labute approximate surface area is 81.2 Å². The molecule has 2 unspecified atom stereocenters. The molecule has 0 aromatic heterocycles. The molecule has 4 heteroatoms. The van der Waals surface area contributed by atoms with Gasteiger partial charge in [0, 0.05) is 18.2 Å².